The molecular formula is C17H13N3O2. The van der Waals surface area contributed by atoms with Crippen LogP contribution in [-0.2, 0) is 0 Å². The third-order valence-corrected chi connectivity index (χ3v) is 3.26. The minimum Gasteiger partial charge on any atom is -0.361 e. The van der Waals surface area contributed by atoms with E-state index in [4.69, 9.17) is 0 Å². The molecule has 1 N–H and O–H groups in total. The number of non-ortho nitro benzene ring substituents is 1. The molecule has 0 atom stereocenters. The Bertz CT molecular complexity index is 866. The summed E-state index contributed by atoms with van der Waals surface area (Å²) in [5.41, 5.74) is 1.97. The first-order chi connectivity index (χ1) is 10.7. The van der Waals surface area contributed by atoms with E-state index in [1.165, 1.54) is 17.5 Å². The monoisotopic (exact) mass is 291 g/mol. The number of hydrogen-bond acceptors (Lipinski definition) is 3. The van der Waals surface area contributed by atoms with E-state index in [0.717, 1.165) is 16.4 Å². The first-order valence-corrected chi connectivity index (χ1v) is 6.75. The number of nitro groups is 1. The first kappa shape index (κ1) is 13.8. The maximum Gasteiger partial charge on any atom is 0.271 e. The van der Waals surface area contributed by atoms with Crippen molar-refractivity contribution in [3.05, 3.63) is 83.2 Å². The van der Waals surface area contributed by atoms with Gasteiger partial charge < -0.3 is 4.98 Å². The molecule has 2 heterocycles. The Kier molecular flexibility index (Phi) is 3.78. The lowest BCUT2D eigenvalue weighted by molar-refractivity contribution is -0.384. The Balaban J connectivity index is 0.000000133. The molecule has 5 heteroatoms. The standard InChI is InChI=1S/C9H7N.C8H6N2O2/c1-2-6-9-8(4-1)5-3-7-10-9;11-10(12)7-2-1-6-3-4-9-8(6)5-7/h1-7H;1-5,9H. The van der Waals surface area contributed by atoms with E-state index in [1.54, 1.807) is 12.3 Å². The van der Waals surface area contributed by atoms with Crippen LogP contribution in [0.3, 0.4) is 0 Å². The number of pyridine rings is 1. The van der Waals surface area contributed by atoms with Gasteiger partial charge in [-0.05, 0) is 29.7 Å². The van der Waals surface area contributed by atoms with Crippen LogP contribution in [0.2, 0.25) is 0 Å². The Labute approximate surface area is 126 Å². The molecule has 2 aromatic heterocycles. The van der Waals surface area contributed by atoms with Gasteiger partial charge in [-0.2, -0.15) is 0 Å². The molecule has 0 unspecified atom stereocenters. The highest BCUT2D eigenvalue weighted by molar-refractivity contribution is 5.81. The molecule has 0 fully saturated rings. The highest BCUT2D eigenvalue weighted by atomic mass is 16.6. The van der Waals surface area contributed by atoms with Crippen molar-refractivity contribution in [2.24, 2.45) is 0 Å². The predicted molar refractivity (Wildman–Crippen MR) is 86.7 cm³/mol. The molecule has 22 heavy (non-hydrogen) atoms. The summed E-state index contributed by atoms with van der Waals surface area (Å²) in [5, 5.41) is 12.5. The molecule has 4 aromatic rings. The van der Waals surface area contributed by atoms with Crippen LogP contribution in [0.25, 0.3) is 21.8 Å². The van der Waals surface area contributed by atoms with Gasteiger partial charge in [-0.3, -0.25) is 15.1 Å². The van der Waals surface area contributed by atoms with Crippen molar-refractivity contribution in [1.29, 1.82) is 0 Å². The summed E-state index contributed by atoms with van der Waals surface area (Å²) in [5.74, 6) is 0. The number of aromatic nitrogens is 2. The molecule has 4 rings (SSSR count). The second kappa shape index (κ2) is 6.05. The lowest BCUT2D eigenvalue weighted by atomic mass is 10.2. The van der Waals surface area contributed by atoms with Crippen LogP contribution in [-0.4, -0.2) is 14.9 Å². The third kappa shape index (κ3) is 2.93. The Morgan fingerprint density at radius 3 is 2.59 bits per heavy atom. The van der Waals surface area contributed by atoms with Crippen LogP contribution in [0.5, 0.6) is 0 Å². The van der Waals surface area contributed by atoms with Crippen LogP contribution in [0, 0.1) is 10.1 Å². The number of nitrogens with one attached hydrogen (secondary N) is 1. The van der Waals surface area contributed by atoms with Gasteiger partial charge in [-0.15, -0.1) is 0 Å². The second-order valence-electron chi connectivity index (χ2n) is 4.70. The summed E-state index contributed by atoms with van der Waals surface area (Å²) in [7, 11) is 0. The number of nitrogens with zero attached hydrogens (tertiary/aromatic N) is 2. The van der Waals surface area contributed by atoms with Crippen molar-refractivity contribution in [2.45, 2.75) is 0 Å². The van der Waals surface area contributed by atoms with Gasteiger partial charge in [0.05, 0.1) is 16.0 Å². The highest BCUT2D eigenvalue weighted by Gasteiger charge is 2.05. The average molecular weight is 291 g/mol. The van der Waals surface area contributed by atoms with Crippen LogP contribution < -0.4 is 0 Å². The number of rotatable bonds is 1. The Morgan fingerprint density at radius 2 is 1.77 bits per heavy atom. The number of benzene rings is 2. The molecule has 2 aromatic carbocycles. The Morgan fingerprint density at radius 1 is 0.955 bits per heavy atom. The molecule has 0 amide bonds. The van der Waals surface area contributed by atoms with Gasteiger partial charge in [-0.25, -0.2) is 0 Å². The van der Waals surface area contributed by atoms with Crippen molar-refractivity contribution in [3.63, 3.8) is 0 Å². The predicted octanol–water partition coefficient (Wildman–Crippen LogP) is 4.31. The van der Waals surface area contributed by atoms with Crippen molar-refractivity contribution in [1.82, 2.24) is 9.97 Å². The van der Waals surface area contributed by atoms with Gasteiger partial charge in [0.25, 0.3) is 5.69 Å². The van der Waals surface area contributed by atoms with E-state index in [2.05, 4.69) is 22.1 Å². The number of H-pyrrole nitrogens is 1. The van der Waals surface area contributed by atoms with Crippen molar-refractivity contribution in [2.75, 3.05) is 0 Å². The maximum absolute atomic E-state index is 10.4. The molecule has 0 saturated heterocycles. The number of aromatic amines is 1. The van der Waals surface area contributed by atoms with Crippen LogP contribution in [0.1, 0.15) is 0 Å². The lowest BCUT2D eigenvalue weighted by Crippen LogP contribution is -1.86. The van der Waals surface area contributed by atoms with Gasteiger partial charge in [-0.1, -0.05) is 24.3 Å². The van der Waals surface area contributed by atoms with Gasteiger partial charge >= 0.3 is 0 Å². The summed E-state index contributed by atoms with van der Waals surface area (Å²) < 4.78 is 0. The highest BCUT2D eigenvalue weighted by Crippen LogP contribution is 2.18. The van der Waals surface area contributed by atoms with Crippen LogP contribution in [0.15, 0.2) is 73.1 Å². The van der Waals surface area contributed by atoms with E-state index in [9.17, 15) is 10.1 Å². The van der Waals surface area contributed by atoms with Crippen LogP contribution in [0.4, 0.5) is 5.69 Å². The molecule has 108 valence electrons. The summed E-state index contributed by atoms with van der Waals surface area (Å²) in [6, 6.07) is 18.7. The topological polar surface area (TPSA) is 71.8 Å². The summed E-state index contributed by atoms with van der Waals surface area (Å²) in [6.07, 6.45) is 3.57. The van der Waals surface area contributed by atoms with E-state index >= 15 is 0 Å². The smallest absolute Gasteiger partial charge is 0.271 e. The number of fused-ring (bicyclic) bond motifs is 2. The largest absolute Gasteiger partial charge is 0.361 e. The Hall–Kier alpha value is -3.21. The fourth-order valence-electron chi connectivity index (χ4n) is 2.17. The number of para-hydroxylation sites is 1. The third-order valence-electron chi connectivity index (χ3n) is 3.26. The normalized spacial score (nSPS) is 10.2. The molecule has 0 saturated carbocycles. The fraction of sp³-hybridized carbons (Fsp3) is 0. The summed E-state index contributed by atoms with van der Waals surface area (Å²) in [6.45, 7) is 0. The minimum atomic E-state index is -0.402. The van der Waals surface area contributed by atoms with E-state index < -0.39 is 4.92 Å². The van der Waals surface area contributed by atoms with Crippen molar-refractivity contribution < 1.29 is 4.92 Å². The summed E-state index contributed by atoms with van der Waals surface area (Å²) in [4.78, 5) is 17.0. The molecule has 0 aliphatic carbocycles. The molecule has 0 aliphatic heterocycles. The quantitative estimate of drug-likeness (QED) is 0.419. The first-order valence-electron chi connectivity index (χ1n) is 6.75. The second-order valence-corrected chi connectivity index (χ2v) is 4.70. The van der Waals surface area contributed by atoms with E-state index in [0.29, 0.717) is 0 Å². The SMILES string of the molecule is O=[N+]([O-])c1ccc2cc[nH]c2c1.c1ccc2ncccc2c1. The van der Waals surface area contributed by atoms with Gasteiger partial charge in [0.1, 0.15) is 0 Å². The molecule has 0 spiro atoms. The molecule has 0 aliphatic rings. The zero-order valence-electron chi connectivity index (χ0n) is 11.6. The van der Waals surface area contributed by atoms with E-state index in [-0.39, 0.29) is 5.69 Å². The molecular weight excluding hydrogens is 278 g/mol. The number of nitro benzene ring substituents is 1. The molecule has 0 radical (unpaired) electrons. The fourth-order valence-corrected chi connectivity index (χ4v) is 2.17. The maximum atomic E-state index is 10.4. The zero-order chi connectivity index (χ0) is 15.4. The lowest BCUT2D eigenvalue weighted by Gasteiger charge is -1.91. The van der Waals surface area contributed by atoms with Gasteiger partial charge in [0.2, 0.25) is 0 Å². The van der Waals surface area contributed by atoms with Crippen molar-refractivity contribution in [3.8, 4) is 0 Å². The van der Waals surface area contributed by atoms with Crippen LogP contribution >= 0.6 is 0 Å². The van der Waals surface area contributed by atoms with E-state index in [1.807, 2.05) is 36.5 Å². The average Bonchev–Trinajstić information content (AvgIpc) is 3.03. The summed E-state index contributed by atoms with van der Waals surface area (Å²) >= 11 is 0. The van der Waals surface area contributed by atoms with Gasteiger partial charge in [0.15, 0.2) is 0 Å². The number of hydrogen-bond donors (Lipinski definition) is 1. The molecule has 5 nitrogen and oxygen atoms in total. The van der Waals surface area contributed by atoms with Crippen molar-refractivity contribution >= 4 is 27.5 Å². The van der Waals surface area contributed by atoms with Gasteiger partial charge in [0, 0.05) is 29.9 Å². The minimum absolute atomic E-state index is 0.116. The molecule has 0 bridgehead atoms. The zero-order valence-corrected chi connectivity index (χ0v) is 11.6.